The molecule has 1 aromatic carbocycles. The Morgan fingerprint density at radius 2 is 1.90 bits per heavy atom. The Hall–Kier alpha value is -1.83. The van der Waals surface area contributed by atoms with Crippen molar-refractivity contribution in [3.63, 3.8) is 0 Å². The van der Waals surface area contributed by atoms with E-state index in [0.717, 1.165) is 11.0 Å². The monoisotopic (exact) mass is 306 g/mol. The van der Waals surface area contributed by atoms with Crippen molar-refractivity contribution >= 4 is 11.4 Å². The number of anilines is 1. The molecule has 0 amide bonds. The third kappa shape index (κ3) is 4.59. The second kappa shape index (κ2) is 6.30. The van der Waals surface area contributed by atoms with Crippen LogP contribution in [0.1, 0.15) is 32.4 Å². The molecule has 0 saturated carbocycles. The van der Waals surface area contributed by atoms with Gasteiger partial charge in [-0.3, -0.25) is 10.1 Å². The summed E-state index contributed by atoms with van der Waals surface area (Å²) in [5.41, 5.74) is -0.288. The fourth-order valence-corrected chi connectivity index (χ4v) is 1.93. The number of aliphatic hydroxyl groups excluding tert-OH is 1. The molecule has 8 heteroatoms. The lowest BCUT2D eigenvalue weighted by Gasteiger charge is -2.29. The summed E-state index contributed by atoms with van der Waals surface area (Å²) < 4.78 is 37.9. The molecule has 0 aliphatic rings. The topological polar surface area (TPSA) is 66.6 Å². The first kappa shape index (κ1) is 17.2. The summed E-state index contributed by atoms with van der Waals surface area (Å²) >= 11 is 0. The van der Waals surface area contributed by atoms with E-state index in [1.54, 1.807) is 0 Å². The molecule has 118 valence electrons. The van der Waals surface area contributed by atoms with E-state index < -0.39 is 35.5 Å². The van der Waals surface area contributed by atoms with E-state index >= 15 is 0 Å². The number of nitro benzene ring substituents is 1. The Kier molecular flexibility index (Phi) is 5.16. The van der Waals surface area contributed by atoms with Gasteiger partial charge in [-0.2, -0.15) is 13.2 Å². The molecule has 0 aliphatic carbocycles. The van der Waals surface area contributed by atoms with Gasteiger partial charge in [-0.25, -0.2) is 0 Å². The molecule has 1 aromatic rings. The van der Waals surface area contributed by atoms with E-state index in [1.165, 1.54) is 32.9 Å². The van der Waals surface area contributed by atoms with Crippen molar-refractivity contribution in [2.45, 2.75) is 39.1 Å². The van der Waals surface area contributed by atoms with Gasteiger partial charge in [0.15, 0.2) is 0 Å². The lowest BCUT2D eigenvalue weighted by molar-refractivity contribution is -0.384. The van der Waals surface area contributed by atoms with Gasteiger partial charge in [0.1, 0.15) is 12.2 Å². The van der Waals surface area contributed by atoms with Gasteiger partial charge in [0.25, 0.3) is 5.69 Å². The van der Waals surface area contributed by atoms with E-state index in [0.29, 0.717) is 0 Å². The highest BCUT2D eigenvalue weighted by molar-refractivity contribution is 5.65. The van der Waals surface area contributed by atoms with Crippen LogP contribution in [0.5, 0.6) is 0 Å². The lowest BCUT2D eigenvalue weighted by Crippen LogP contribution is -2.39. The Balaban J connectivity index is 3.34. The average molecular weight is 306 g/mol. The van der Waals surface area contributed by atoms with Gasteiger partial charge in [0.05, 0.1) is 11.0 Å². The summed E-state index contributed by atoms with van der Waals surface area (Å²) in [5, 5.41) is 20.5. The van der Waals surface area contributed by atoms with E-state index in [9.17, 15) is 28.4 Å². The molecule has 1 rings (SSSR count). The van der Waals surface area contributed by atoms with Crippen molar-refractivity contribution in [3.8, 4) is 0 Å². The van der Waals surface area contributed by atoms with Crippen LogP contribution in [0.3, 0.4) is 0 Å². The number of nitrogens with zero attached hydrogens (tertiary/aromatic N) is 2. The maximum Gasteiger partial charge on any atom is 0.405 e. The van der Waals surface area contributed by atoms with Crippen molar-refractivity contribution < 1.29 is 23.2 Å². The maximum atomic E-state index is 12.6. The minimum Gasteiger partial charge on any atom is -0.389 e. The van der Waals surface area contributed by atoms with Crippen LogP contribution in [0.4, 0.5) is 24.5 Å². The molecule has 0 spiro atoms. The van der Waals surface area contributed by atoms with Crippen molar-refractivity contribution in [1.29, 1.82) is 0 Å². The number of rotatable bonds is 5. The van der Waals surface area contributed by atoms with Gasteiger partial charge in [-0.15, -0.1) is 0 Å². The van der Waals surface area contributed by atoms with Crippen LogP contribution in [0.25, 0.3) is 0 Å². The van der Waals surface area contributed by atoms with Crippen LogP contribution in [-0.4, -0.2) is 28.8 Å². The van der Waals surface area contributed by atoms with Crippen LogP contribution in [-0.2, 0) is 0 Å². The predicted octanol–water partition coefficient (Wildman–Crippen LogP) is 3.43. The van der Waals surface area contributed by atoms with Gasteiger partial charge in [0, 0.05) is 12.1 Å². The van der Waals surface area contributed by atoms with E-state index in [1.807, 2.05) is 0 Å². The number of aliphatic hydroxyl groups is 1. The first-order chi connectivity index (χ1) is 9.53. The maximum absolute atomic E-state index is 12.6. The summed E-state index contributed by atoms with van der Waals surface area (Å²) in [4.78, 5) is 11.3. The number of halogens is 3. The van der Waals surface area contributed by atoms with Gasteiger partial charge < -0.3 is 10.0 Å². The second-order valence-electron chi connectivity index (χ2n) is 5.02. The van der Waals surface area contributed by atoms with Crippen LogP contribution in [0, 0.1) is 10.1 Å². The second-order valence-corrected chi connectivity index (χ2v) is 5.02. The van der Waals surface area contributed by atoms with Crippen LogP contribution in [0.2, 0.25) is 0 Å². The Morgan fingerprint density at radius 1 is 1.33 bits per heavy atom. The zero-order valence-electron chi connectivity index (χ0n) is 11.9. The summed E-state index contributed by atoms with van der Waals surface area (Å²) in [5.74, 6) is 0. The number of hydrogen-bond donors (Lipinski definition) is 1. The molecule has 1 N–H and O–H groups in total. The largest absolute Gasteiger partial charge is 0.405 e. The molecule has 21 heavy (non-hydrogen) atoms. The normalized spacial score (nSPS) is 13.3. The molecule has 5 nitrogen and oxygen atoms in total. The molecule has 1 atom stereocenters. The molecule has 0 aromatic heterocycles. The molecular weight excluding hydrogens is 289 g/mol. The molecule has 0 unspecified atom stereocenters. The quantitative estimate of drug-likeness (QED) is 0.668. The van der Waals surface area contributed by atoms with Crippen molar-refractivity contribution in [3.05, 3.63) is 33.9 Å². The SMILES string of the molecule is CC(C)N(CC(F)(F)F)c1ccc([C@H](C)O)cc1[N+](=O)[O-]. The standard InChI is InChI=1S/C13H17F3N2O3/c1-8(2)17(7-13(14,15)16)11-5-4-10(9(3)19)6-12(11)18(20)21/h4-6,8-9,19H,7H2,1-3H3/t9-/m0/s1. The van der Waals surface area contributed by atoms with Gasteiger partial charge in [-0.05, 0) is 32.4 Å². The van der Waals surface area contributed by atoms with Gasteiger partial charge >= 0.3 is 6.18 Å². The fourth-order valence-electron chi connectivity index (χ4n) is 1.93. The molecule has 0 heterocycles. The highest BCUT2D eigenvalue weighted by Crippen LogP contribution is 2.34. The minimum absolute atomic E-state index is 0.114. The minimum atomic E-state index is -4.47. The Morgan fingerprint density at radius 3 is 2.29 bits per heavy atom. The third-order valence-corrected chi connectivity index (χ3v) is 2.96. The number of hydrogen-bond acceptors (Lipinski definition) is 4. The smallest absolute Gasteiger partial charge is 0.389 e. The van der Waals surface area contributed by atoms with Crippen LogP contribution >= 0.6 is 0 Å². The van der Waals surface area contributed by atoms with Gasteiger partial charge in [0.2, 0.25) is 0 Å². The van der Waals surface area contributed by atoms with Crippen molar-refractivity contribution in [2.24, 2.45) is 0 Å². The molecule has 0 fully saturated rings. The number of benzene rings is 1. The molecule has 0 saturated heterocycles. The zero-order valence-corrected chi connectivity index (χ0v) is 11.9. The van der Waals surface area contributed by atoms with E-state index in [2.05, 4.69) is 0 Å². The number of nitro groups is 1. The Labute approximate surface area is 120 Å². The summed E-state index contributed by atoms with van der Waals surface area (Å²) in [6, 6.07) is 3.17. The summed E-state index contributed by atoms with van der Waals surface area (Å²) in [7, 11) is 0. The number of alkyl halides is 3. The van der Waals surface area contributed by atoms with Gasteiger partial charge in [-0.1, -0.05) is 6.07 Å². The fraction of sp³-hybridized carbons (Fsp3) is 0.538. The van der Waals surface area contributed by atoms with E-state index in [-0.39, 0.29) is 11.3 Å². The molecular formula is C13H17F3N2O3. The van der Waals surface area contributed by atoms with E-state index in [4.69, 9.17) is 0 Å². The lowest BCUT2D eigenvalue weighted by atomic mass is 10.1. The molecule has 0 radical (unpaired) electrons. The highest BCUT2D eigenvalue weighted by atomic mass is 19.4. The molecule has 0 bridgehead atoms. The van der Waals surface area contributed by atoms with Crippen LogP contribution < -0.4 is 4.90 Å². The van der Waals surface area contributed by atoms with Crippen LogP contribution in [0.15, 0.2) is 18.2 Å². The summed E-state index contributed by atoms with van der Waals surface area (Å²) in [6.07, 6.45) is -5.41. The highest BCUT2D eigenvalue weighted by Gasteiger charge is 2.34. The third-order valence-electron chi connectivity index (χ3n) is 2.96. The summed E-state index contributed by atoms with van der Waals surface area (Å²) in [6.45, 7) is 3.20. The first-order valence-electron chi connectivity index (χ1n) is 6.32. The first-order valence-corrected chi connectivity index (χ1v) is 6.32. The predicted molar refractivity (Wildman–Crippen MR) is 72.3 cm³/mol. The zero-order chi connectivity index (χ0) is 16.4. The van der Waals surface area contributed by atoms with Crippen molar-refractivity contribution in [1.82, 2.24) is 0 Å². The van der Waals surface area contributed by atoms with Crippen molar-refractivity contribution in [2.75, 3.05) is 11.4 Å². The Bertz CT molecular complexity index is 516. The average Bonchev–Trinajstić information content (AvgIpc) is 2.33. The molecule has 0 aliphatic heterocycles.